The molecule has 1 aliphatic carbocycles. The van der Waals surface area contributed by atoms with Crippen molar-refractivity contribution in [3.05, 3.63) is 21.9 Å². The summed E-state index contributed by atoms with van der Waals surface area (Å²) in [7, 11) is 0. The highest BCUT2D eigenvalue weighted by atomic mass is 32.1. The minimum atomic E-state index is 0.819. The summed E-state index contributed by atoms with van der Waals surface area (Å²) in [5, 5.41) is 5.88. The third-order valence-corrected chi connectivity index (χ3v) is 4.77. The van der Waals surface area contributed by atoms with E-state index < -0.39 is 0 Å². The monoisotopic (exact) mass is 250 g/mol. The summed E-state index contributed by atoms with van der Waals surface area (Å²) in [5.74, 6) is 0. The van der Waals surface area contributed by atoms with Crippen LogP contribution in [0.25, 0.3) is 0 Å². The molecule has 0 bridgehead atoms. The van der Waals surface area contributed by atoms with Gasteiger partial charge in [0.2, 0.25) is 0 Å². The molecule has 1 aromatic heterocycles. The summed E-state index contributed by atoms with van der Waals surface area (Å²) in [6.07, 6.45) is 6.97. The topological polar surface area (TPSA) is 15.3 Å². The number of rotatable bonds is 5. The molecule has 1 N–H and O–H groups in total. The van der Waals surface area contributed by atoms with Gasteiger partial charge in [0, 0.05) is 24.0 Å². The van der Waals surface area contributed by atoms with E-state index in [0.717, 1.165) is 12.6 Å². The molecule has 0 atom stereocenters. The second-order valence-corrected chi connectivity index (χ2v) is 6.36. The molecule has 2 nitrogen and oxygen atoms in total. The maximum atomic E-state index is 3.63. The predicted octanol–water partition coefficient (Wildman–Crippen LogP) is 2.99. The van der Waals surface area contributed by atoms with Gasteiger partial charge in [0.25, 0.3) is 0 Å². The molecule has 0 aromatic carbocycles. The summed E-state index contributed by atoms with van der Waals surface area (Å²) in [4.78, 5) is 4.18. The quantitative estimate of drug-likeness (QED) is 0.864. The van der Waals surface area contributed by atoms with Crippen LogP contribution in [0.3, 0.4) is 0 Å². The summed E-state index contributed by atoms with van der Waals surface area (Å²) in [6.45, 7) is 4.85. The van der Waals surface area contributed by atoms with Gasteiger partial charge in [-0.1, -0.05) is 6.42 Å². The molecule has 1 aromatic rings. The Hall–Kier alpha value is -0.380. The standard InChI is InChI=1S/C14H22N2S/c1-2-7-16(8-3-1)11-12-6-9-17-14(12)10-15-13-4-5-13/h6,9,13,15H,1-5,7-8,10-11H2. The number of nitrogens with one attached hydrogen (secondary N) is 1. The minimum absolute atomic E-state index is 0.819. The first-order chi connectivity index (χ1) is 8.42. The Labute approximate surface area is 108 Å². The van der Waals surface area contributed by atoms with Crippen LogP contribution >= 0.6 is 11.3 Å². The highest BCUT2D eigenvalue weighted by Crippen LogP contribution is 2.23. The third kappa shape index (κ3) is 3.30. The van der Waals surface area contributed by atoms with Gasteiger partial charge in [0.1, 0.15) is 0 Å². The van der Waals surface area contributed by atoms with Crippen LogP contribution in [0.15, 0.2) is 11.4 Å². The van der Waals surface area contributed by atoms with Crippen molar-refractivity contribution >= 4 is 11.3 Å². The average molecular weight is 250 g/mol. The SMILES string of the molecule is c1cc(CN2CCCCC2)c(CNC2CC2)s1. The van der Waals surface area contributed by atoms with Crippen LogP contribution in [-0.4, -0.2) is 24.0 Å². The number of nitrogens with zero attached hydrogens (tertiary/aromatic N) is 1. The van der Waals surface area contributed by atoms with Crippen LogP contribution in [0.1, 0.15) is 42.5 Å². The fourth-order valence-corrected chi connectivity index (χ4v) is 3.39. The van der Waals surface area contributed by atoms with Gasteiger partial charge in [0.15, 0.2) is 0 Å². The van der Waals surface area contributed by atoms with E-state index in [9.17, 15) is 0 Å². The molecule has 0 radical (unpaired) electrons. The fraction of sp³-hybridized carbons (Fsp3) is 0.714. The largest absolute Gasteiger partial charge is 0.309 e. The molecule has 0 amide bonds. The van der Waals surface area contributed by atoms with Gasteiger partial charge < -0.3 is 5.32 Å². The Morgan fingerprint density at radius 3 is 2.82 bits per heavy atom. The van der Waals surface area contributed by atoms with Gasteiger partial charge in [-0.25, -0.2) is 0 Å². The van der Waals surface area contributed by atoms with Crippen LogP contribution < -0.4 is 5.32 Å². The lowest BCUT2D eigenvalue weighted by atomic mass is 10.1. The molecule has 2 fully saturated rings. The highest BCUT2D eigenvalue weighted by molar-refractivity contribution is 7.10. The van der Waals surface area contributed by atoms with E-state index in [1.165, 1.54) is 51.7 Å². The normalized spacial score (nSPS) is 21.9. The number of piperidine rings is 1. The maximum Gasteiger partial charge on any atom is 0.0305 e. The molecule has 1 saturated carbocycles. The van der Waals surface area contributed by atoms with Crippen molar-refractivity contribution in [2.75, 3.05) is 13.1 Å². The van der Waals surface area contributed by atoms with Crippen molar-refractivity contribution in [1.29, 1.82) is 0 Å². The Kier molecular flexibility index (Phi) is 3.79. The van der Waals surface area contributed by atoms with Gasteiger partial charge in [-0.05, 0) is 55.8 Å². The number of hydrogen-bond acceptors (Lipinski definition) is 3. The average Bonchev–Trinajstić information content (AvgIpc) is 3.09. The molecular weight excluding hydrogens is 228 g/mol. The Morgan fingerprint density at radius 1 is 1.24 bits per heavy atom. The fourth-order valence-electron chi connectivity index (χ4n) is 2.55. The summed E-state index contributed by atoms with van der Waals surface area (Å²) < 4.78 is 0. The first-order valence-corrected chi connectivity index (χ1v) is 7.81. The van der Waals surface area contributed by atoms with E-state index in [2.05, 4.69) is 21.7 Å². The summed E-state index contributed by atoms with van der Waals surface area (Å²) in [6, 6.07) is 3.14. The zero-order valence-electron chi connectivity index (χ0n) is 10.5. The second-order valence-electron chi connectivity index (χ2n) is 5.36. The van der Waals surface area contributed by atoms with E-state index in [1.807, 2.05) is 11.3 Å². The Morgan fingerprint density at radius 2 is 2.06 bits per heavy atom. The molecule has 2 aliphatic rings. The van der Waals surface area contributed by atoms with Crippen LogP contribution in [0.5, 0.6) is 0 Å². The third-order valence-electron chi connectivity index (χ3n) is 3.81. The molecule has 0 unspecified atom stereocenters. The first kappa shape index (κ1) is 11.7. The van der Waals surface area contributed by atoms with Crippen LogP contribution in [0.4, 0.5) is 0 Å². The predicted molar refractivity (Wildman–Crippen MR) is 73.3 cm³/mol. The maximum absolute atomic E-state index is 3.63. The van der Waals surface area contributed by atoms with Gasteiger partial charge in [-0.2, -0.15) is 0 Å². The molecule has 94 valence electrons. The molecule has 0 spiro atoms. The van der Waals surface area contributed by atoms with Crippen molar-refractivity contribution in [2.24, 2.45) is 0 Å². The molecule has 17 heavy (non-hydrogen) atoms. The Bertz CT molecular complexity index is 351. The first-order valence-electron chi connectivity index (χ1n) is 6.93. The molecule has 3 rings (SSSR count). The van der Waals surface area contributed by atoms with Gasteiger partial charge in [-0.15, -0.1) is 11.3 Å². The van der Waals surface area contributed by atoms with E-state index in [0.29, 0.717) is 0 Å². The lowest BCUT2D eigenvalue weighted by Gasteiger charge is -2.26. The smallest absolute Gasteiger partial charge is 0.0305 e. The van der Waals surface area contributed by atoms with Crippen molar-refractivity contribution in [3.63, 3.8) is 0 Å². The number of thiophene rings is 1. The summed E-state index contributed by atoms with van der Waals surface area (Å²) in [5.41, 5.74) is 1.56. The van der Waals surface area contributed by atoms with E-state index in [1.54, 1.807) is 10.4 Å². The summed E-state index contributed by atoms with van der Waals surface area (Å²) >= 11 is 1.92. The number of likely N-dealkylation sites (tertiary alicyclic amines) is 1. The van der Waals surface area contributed by atoms with Gasteiger partial charge in [0.05, 0.1) is 0 Å². The van der Waals surface area contributed by atoms with Gasteiger partial charge in [-0.3, -0.25) is 4.90 Å². The lowest BCUT2D eigenvalue weighted by Crippen LogP contribution is -2.29. The van der Waals surface area contributed by atoms with Gasteiger partial charge >= 0.3 is 0 Å². The molecule has 1 saturated heterocycles. The molecule has 2 heterocycles. The van der Waals surface area contributed by atoms with E-state index in [4.69, 9.17) is 0 Å². The lowest BCUT2D eigenvalue weighted by molar-refractivity contribution is 0.220. The van der Waals surface area contributed by atoms with Crippen LogP contribution in [0, 0.1) is 0 Å². The zero-order chi connectivity index (χ0) is 11.5. The van der Waals surface area contributed by atoms with Crippen molar-refractivity contribution < 1.29 is 0 Å². The Balaban J connectivity index is 1.55. The molecule has 3 heteroatoms. The van der Waals surface area contributed by atoms with Crippen molar-refractivity contribution in [3.8, 4) is 0 Å². The zero-order valence-corrected chi connectivity index (χ0v) is 11.3. The minimum Gasteiger partial charge on any atom is -0.309 e. The number of hydrogen-bond donors (Lipinski definition) is 1. The van der Waals surface area contributed by atoms with E-state index >= 15 is 0 Å². The van der Waals surface area contributed by atoms with Crippen molar-refractivity contribution in [2.45, 2.75) is 51.2 Å². The second kappa shape index (κ2) is 5.51. The van der Waals surface area contributed by atoms with Crippen molar-refractivity contribution in [1.82, 2.24) is 10.2 Å². The molecular formula is C14H22N2S. The highest BCUT2D eigenvalue weighted by Gasteiger charge is 2.21. The van der Waals surface area contributed by atoms with Crippen LogP contribution in [-0.2, 0) is 13.1 Å². The van der Waals surface area contributed by atoms with Crippen LogP contribution in [0.2, 0.25) is 0 Å². The van der Waals surface area contributed by atoms with E-state index in [-0.39, 0.29) is 0 Å². The molecule has 1 aliphatic heterocycles.